The Morgan fingerprint density at radius 2 is 1.77 bits per heavy atom. The largest absolute Gasteiger partial charge is 0.353 e. The summed E-state index contributed by atoms with van der Waals surface area (Å²) >= 11 is 0. The molecule has 2 aliphatic rings. The second-order valence-electron chi connectivity index (χ2n) is 7.49. The Labute approximate surface area is 174 Å². The average molecular weight is 405 g/mol. The fourth-order valence-electron chi connectivity index (χ4n) is 3.97. The molecule has 0 atom stereocenters. The third kappa shape index (κ3) is 3.68. The van der Waals surface area contributed by atoms with E-state index < -0.39 is 0 Å². The quantitative estimate of drug-likeness (QED) is 0.635. The Balaban J connectivity index is 1.24. The minimum Gasteiger partial charge on any atom is -0.353 e. The fraction of sp³-hybridized carbons (Fsp3) is 0.400. The first-order valence-electron chi connectivity index (χ1n) is 10.2. The van der Waals surface area contributed by atoms with Crippen LogP contribution in [-0.2, 0) is 0 Å². The zero-order chi connectivity index (χ0) is 20.3. The van der Waals surface area contributed by atoms with E-state index in [0.717, 1.165) is 43.6 Å². The predicted octanol–water partition coefficient (Wildman–Crippen LogP) is 1.01. The molecule has 2 aromatic heterocycles. The monoisotopic (exact) mass is 405 g/mol. The number of carbonyl (C=O) groups is 1. The minimum atomic E-state index is 0.0185. The molecule has 2 saturated heterocycles. The number of benzene rings is 1. The lowest BCUT2D eigenvalue weighted by atomic mass is 10.1. The van der Waals surface area contributed by atoms with Gasteiger partial charge in [-0.25, -0.2) is 9.67 Å². The molecule has 3 aromatic rings. The molecule has 10 nitrogen and oxygen atoms in total. The highest BCUT2D eigenvalue weighted by Gasteiger charge is 2.24. The smallest absolute Gasteiger partial charge is 0.254 e. The molecule has 0 N–H and O–H groups in total. The van der Waals surface area contributed by atoms with Crippen molar-refractivity contribution in [2.24, 2.45) is 0 Å². The fourth-order valence-corrected chi connectivity index (χ4v) is 3.97. The molecular formula is C20H23N9O. The zero-order valence-corrected chi connectivity index (χ0v) is 16.6. The Morgan fingerprint density at radius 3 is 2.53 bits per heavy atom. The Bertz CT molecular complexity index is 1010. The number of piperazine rings is 1. The summed E-state index contributed by atoms with van der Waals surface area (Å²) in [6, 6.07) is 9.32. The first-order chi connectivity index (χ1) is 14.8. The molecule has 0 bridgehead atoms. The van der Waals surface area contributed by atoms with E-state index in [0.29, 0.717) is 18.7 Å². The van der Waals surface area contributed by atoms with Crippen molar-refractivity contribution in [3.8, 4) is 5.69 Å². The lowest BCUT2D eigenvalue weighted by molar-refractivity contribution is 0.0746. The second-order valence-corrected chi connectivity index (χ2v) is 7.49. The van der Waals surface area contributed by atoms with Crippen molar-refractivity contribution in [1.82, 2.24) is 35.1 Å². The normalized spacial score (nSPS) is 16.9. The van der Waals surface area contributed by atoms with Gasteiger partial charge in [0, 0.05) is 51.0 Å². The topological polar surface area (TPSA) is 96.2 Å². The first-order valence-corrected chi connectivity index (χ1v) is 10.2. The van der Waals surface area contributed by atoms with Gasteiger partial charge in [0.1, 0.15) is 12.1 Å². The van der Waals surface area contributed by atoms with Crippen LogP contribution in [0.2, 0.25) is 0 Å². The third-order valence-electron chi connectivity index (χ3n) is 5.61. The summed E-state index contributed by atoms with van der Waals surface area (Å²) in [5, 5.41) is 11.2. The Morgan fingerprint density at radius 1 is 0.933 bits per heavy atom. The standard InChI is InChI=1S/C20H23N9O/c30-19(16-4-3-5-17(14-16)29-15-22-24-25-29)27-12-10-26(11-13-27)18-6-7-21-20(23-18)28-8-1-2-9-28/h3-7,14-15H,1-2,8-13H2. The Hall–Kier alpha value is -3.56. The van der Waals surface area contributed by atoms with Crippen molar-refractivity contribution in [1.29, 1.82) is 0 Å². The number of aromatic nitrogens is 6. The summed E-state index contributed by atoms with van der Waals surface area (Å²) in [5.74, 6) is 1.76. The molecule has 10 heteroatoms. The maximum atomic E-state index is 13.0. The van der Waals surface area contributed by atoms with Crippen LogP contribution >= 0.6 is 0 Å². The van der Waals surface area contributed by atoms with Crippen LogP contribution in [0.5, 0.6) is 0 Å². The highest BCUT2D eigenvalue weighted by atomic mass is 16.2. The van der Waals surface area contributed by atoms with E-state index in [4.69, 9.17) is 4.98 Å². The van der Waals surface area contributed by atoms with Crippen LogP contribution in [0.15, 0.2) is 42.9 Å². The number of hydrogen-bond acceptors (Lipinski definition) is 8. The maximum Gasteiger partial charge on any atom is 0.254 e. The highest BCUT2D eigenvalue weighted by molar-refractivity contribution is 5.95. The van der Waals surface area contributed by atoms with E-state index >= 15 is 0 Å². The molecular weight excluding hydrogens is 382 g/mol. The molecule has 4 heterocycles. The molecule has 0 aliphatic carbocycles. The molecule has 2 fully saturated rings. The second kappa shape index (κ2) is 8.05. The van der Waals surface area contributed by atoms with Crippen molar-refractivity contribution < 1.29 is 4.79 Å². The molecule has 154 valence electrons. The number of amides is 1. The summed E-state index contributed by atoms with van der Waals surface area (Å²) in [6.45, 7) is 4.84. The summed E-state index contributed by atoms with van der Waals surface area (Å²) in [5.41, 5.74) is 1.40. The van der Waals surface area contributed by atoms with E-state index in [-0.39, 0.29) is 5.91 Å². The SMILES string of the molecule is O=C(c1cccc(-n2cnnn2)c1)N1CCN(c2ccnc(N3CCCC3)n2)CC1. The van der Waals surface area contributed by atoms with Crippen LogP contribution in [0.4, 0.5) is 11.8 Å². The van der Waals surface area contributed by atoms with Gasteiger partial charge in [-0.1, -0.05) is 6.07 Å². The van der Waals surface area contributed by atoms with Crippen LogP contribution in [0.25, 0.3) is 5.69 Å². The lowest BCUT2D eigenvalue weighted by Gasteiger charge is -2.35. The van der Waals surface area contributed by atoms with Crippen molar-refractivity contribution >= 4 is 17.7 Å². The van der Waals surface area contributed by atoms with Crippen LogP contribution < -0.4 is 9.80 Å². The first kappa shape index (κ1) is 18.5. The molecule has 0 spiro atoms. The van der Waals surface area contributed by atoms with Crippen LogP contribution in [0.3, 0.4) is 0 Å². The molecule has 1 amide bonds. The van der Waals surface area contributed by atoms with Crippen molar-refractivity contribution in [2.45, 2.75) is 12.8 Å². The van der Waals surface area contributed by atoms with Gasteiger partial charge in [-0.2, -0.15) is 4.98 Å². The summed E-state index contributed by atoms with van der Waals surface area (Å²) < 4.78 is 1.54. The predicted molar refractivity (Wildman–Crippen MR) is 111 cm³/mol. The summed E-state index contributed by atoms with van der Waals surface area (Å²) in [7, 11) is 0. The number of tetrazole rings is 1. The summed E-state index contributed by atoms with van der Waals surface area (Å²) in [6.07, 6.45) is 5.74. The van der Waals surface area contributed by atoms with Gasteiger partial charge in [0.05, 0.1) is 5.69 Å². The molecule has 0 unspecified atom stereocenters. The zero-order valence-electron chi connectivity index (χ0n) is 16.6. The number of nitrogens with zero attached hydrogens (tertiary/aromatic N) is 9. The molecule has 2 aliphatic heterocycles. The van der Waals surface area contributed by atoms with Crippen molar-refractivity contribution in [3.05, 3.63) is 48.4 Å². The van der Waals surface area contributed by atoms with Gasteiger partial charge in [-0.3, -0.25) is 4.79 Å². The van der Waals surface area contributed by atoms with Gasteiger partial charge < -0.3 is 14.7 Å². The number of hydrogen-bond donors (Lipinski definition) is 0. The van der Waals surface area contributed by atoms with Gasteiger partial charge in [-0.05, 0) is 47.5 Å². The van der Waals surface area contributed by atoms with E-state index in [1.54, 1.807) is 4.68 Å². The molecule has 1 aromatic carbocycles. The number of anilines is 2. The van der Waals surface area contributed by atoms with Crippen LogP contribution in [-0.4, -0.2) is 80.3 Å². The van der Waals surface area contributed by atoms with E-state index in [1.807, 2.05) is 41.4 Å². The van der Waals surface area contributed by atoms with Gasteiger partial charge in [0.2, 0.25) is 5.95 Å². The highest BCUT2D eigenvalue weighted by Crippen LogP contribution is 2.20. The van der Waals surface area contributed by atoms with Crippen LogP contribution in [0.1, 0.15) is 23.2 Å². The minimum absolute atomic E-state index is 0.0185. The van der Waals surface area contributed by atoms with Gasteiger partial charge in [0.25, 0.3) is 5.91 Å². The number of carbonyl (C=O) groups excluding carboxylic acids is 1. The van der Waals surface area contributed by atoms with Gasteiger partial charge >= 0.3 is 0 Å². The maximum absolute atomic E-state index is 13.0. The summed E-state index contributed by atoms with van der Waals surface area (Å²) in [4.78, 5) is 28.6. The Kier molecular flexibility index (Phi) is 4.96. The van der Waals surface area contributed by atoms with E-state index in [9.17, 15) is 4.79 Å². The van der Waals surface area contributed by atoms with Gasteiger partial charge in [0.15, 0.2) is 0 Å². The van der Waals surface area contributed by atoms with E-state index in [2.05, 4.69) is 30.3 Å². The molecule has 5 rings (SSSR count). The molecule has 0 saturated carbocycles. The molecule has 0 radical (unpaired) electrons. The molecule has 30 heavy (non-hydrogen) atoms. The third-order valence-corrected chi connectivity index (χ3v) is 5.61. The van der Waals surface area contributed by atoms with Gasteiger partial charge in [-0.15, -0.1) is 5.10 Å². The van der Waals surface area contributed by atoms with Crippen molar-refractivity contribution in [2.75, 3.05) is 49.1 Å². The van der Waals surface area contributed by atoms with Crippen LogP contribution in [0, 0.1) is 0 Å². The number of rotatable bonds is 4. The lowest BCUT2D eigenvalue weighted by Crippen LogP contribution is -2.49. The van der Waals surface area contributed by atoms with Crippen molar-refractivity contribution in [3.63, 3.8) is 0 Å². The average Bonchev–Trinajstić information content (AvgIpc) is 3.54. The van der Waals surface area contributed by atoms with E-state index in [1.165, 1.54) is 19.2 Å².